The quantitative estimate of drug-likeness (QED) is 0.894. The second-order valence-electron chi connectivity index (χ2n) is 5.90. The Bertz CT molecular complexity index is 682. The molecule has 2 heterocycles. The Balaban J connectivity index is 2.10. The number of nitrogen functional groups attached to an aromatic ring is 1. The zero-order valence-electron chi connectivity index (χ0n) is 11.7. The molecule has 20 heavy (non-hydrogen) atoms. The highest BCUT2D eigenvalue weighted by atomic mass is 32.2. The molecule has 2 N–H and O–H groups in total. The minimum absolute atomic E-state index is 0.0597. The van der Waals surface area contributed by atoms with E-state index in [1.54, 1.807) is 4.68 Å². The maximum Gasteiger partial charge on any atom is 0.290 e. The average Bonchev–Trinajstić information content (AvgIpc) is 3.09. The van der Waals surface area contributed by atoms with Crippen LogP contribution in [0.15, 0.2) is 4.79 Å². The van der Waals surface area contributed by atoms with Gasteiger partial charge in [-0.3, -0.25) is 9.48 Å². The van der Waals surface area contributed by atoms with Gasteiger partial charge in [0.1, 0.15) is 5.69 Å². The summed E-state index contributed by atoms with van der Waals surface area (Å²) in [4.78, 5) is 12.4. The fourth-order valence-electron chi connectivity index (χ4n) is 3.16. The number of hydrogen-bond acceptors (Lipinski definition) is 4. The van der Waals surface area contributed by atoms with Crippen LogP contribution in [0.5, 0.6) is 0 Å². The maximum absolute atomic E-state index is 12.4. The van der Waals surface area contributed by atoms with Crippen molar-refractivity contribution in [2.45, 2.75) is 51.1 Å². The summed E-state index contributed by atoms with van der Waals surface area (Å²) in [6.07, 6.45) is 3.55. The fourth-order valence-corrected chi connectivity index (χ4v) is 4.85. The lowest BCUT2D eigenvalue weighted by molar-refractivity contribution is 0.373. The van der Waals surface area contributed by atoms with E-state index < -0.39 is 9.84 Å². The van der Waals surface area contributed by atoms with E-state index in [0.717, 1.165) is 31.5 Å². The molecule has 2 fully saturated rings. The lowest BCUT2D eigenvalue weighted by Gasteiger charge is -2.18. The number of nitrogens with two attached hydrogens (primary N) is 1. The Labute approximate surface area is 118 Å². The lowest BCUT2D eigenvalue weighted by Crippen LogP contribution is -2.29. The molecule has 3 rings (SSSR count). The number of nitrogens with zero attached hydrogens (tertiary/aromatic N) is 2. The van der Waals surface area contributed by atoms with Crippen molar-refractivity contribution in [3.63, 3.8) is 0 Å². The minimum Gasteiger partial charge on any atom is -0.393 e. The standard InChI is InChI=1S/C13H21N3O3S/c1-2-6-15-12(9-3-4-9)11(14)13(17)16(15)10-5-7-20(18,19)8-10/h9-10H,2-8,14H2,1H3. The zero-order valence-corrected chi connectivity index (χ0v) is 12.5. The topological polar surface area (TPSA) is 87.1 Å². The van der Waals surface area contributed by atoms with Gasteiger partial charge in [0.05, 0.1) is 23.2 Å². The SMILES string of the molecule is CCCn1c(C2CC2)c(N)c(=O)n1C1CCS(=O)(=O)C1. The molecule has 1 aromatic heterocycles. The molecule has 1 aliphatic heterocycles. The Kier molecular flexibility index (Phi) is 3.19. The van der Waals surface area contributed by atoms with Crippen LogP contribution in [0.4, 0.5) is 5.69 Å². The van der Waals surface area contributed by atoms with Gasteiger partial charge >= 0.3 is 0 Å². The van der Waals surface area contributed by atoms with Gasteiger partial charge in [-0.15, -0.1) is 0 Å². The van der Waals surface area contributed by atoms with E-state index in [9.17, 15) is 13.2 Å². The number of rotatable bonds is 4. The third-order valence-corrected chi connectivity index (χ3v) is 5.96. The first-order chi connectivity index (χ1) is 9.44. The van der Waals surface area contributed by atoms with Gasteiger partial charge in [0.2, 0.25) is 0 Å². The van der Waals surface area contributed by atoms with E-state index >= 15 is 0 Å². The van der Waals surface area contributed by atoms with Gasteiger partial charge < -0.3 is 5.73 Å². The van der Waals surface area contributed by atoms with Crippen molar-refractivity contribution >= 4 is 15.5 Å². The van der Waals surface area contributed by atoms with Crippen molar-refractivity contribution < 1.29 is 8.42 Å². The summed E-state index contributed by atoms with van der Waals surface area (Å²) in [5, 5.41) is 0. The Morgan fingerprint density at radius 3 is 2.50 bits per heavy atom. The van der Waals surface area contributed by atoms with Crippen molar-refractivity contribution in [1.29, 1.82) is 0 Å². The average molecular weight is 299 g/mol. The van der Waals surface area contributed by atoms with Gasteiger partial charge in [0.25, 0.3) is 5.56 Å². The fraction of sp³-hybridized carbons (Fsp3) is 0.769. The van der Waals surface area contributed by atoms with Gasteiger partial charge in [-0.05, 0) is 25.7 Å². The molecule has 7 heteroatoms. The molecule has 1 saturated carbocycles. The van der Waals surface area contributed by atoms with E-state index in [0.29, 0.717) is 18.0 Å². The van der Waals surface area contributed by atoms with Crippen LogP contribution in [0.1, 0.15) is 50.3 Å². The summed E-state index contributed by atoms with van der Waals surface area (Å²) < 4.78 is 26.9. The summed E-state index contributed by atoms with van der Waals surface area (Å²) in [5.41, 5.74) is 7.06. The summed E-state index contributed by atoms with van der Waals surface area (Å²) in [6, 6.07) is -0.256. The van der Waals surface area contributed by atoms with Crippen molar-refractivity contribution in [1.82, 2.24) is 9.36 Å². The molecule has 0 radical (unpaired) electrons. The van der Waals surface area contributed by atoms with Crippen LogP contribution in [-0.4, -0.2) is 29.3 Å². The van der Waals surface area contributed by atoms with Crippen LogP contribution in [-0.2, 0) is 16.4 Å². The van der Waals surface area contributed by atoms with E-state index in [2.05, 4.69) is 0 Å². The summed E-state index contributed by atoms with van der Waals surface area (Å²) in [5.74, 6) is 0.609. The van der Waals surface area contributed by atoms with Gasteiger partial charge in [-0.1, -0.05) is 6.92 Å². The third-order valence-electron chi connectivity index (χ3n) is 4.21. The number of anilines is 1. The molecule has 2 aliphatic rings. The summed E-state index contributed by atoms with van der Waals surface area (Å²) in [7, 11) is -3.01. The Hall–Kier alpha value is -1.24. The number of sulfone groups is 1. The Morgan fingerprint density at radius 1 is 1.30 bits per heavy atom. The Morgan fingerprint density at radius 2 is 2.00 bits per heavy atom. The van der Waals surface area contributed by atoms with Crippen LogP contribution in [0.3, 0.4) is 0 Å². The number of hydrogen-bond donors (Lipinski definition) is 1. The molecule has 1 saturated heterocycles. The van der Waals surface area contributed by atoms with Crippen molar-refractivity contribution in [3.8, 4) is 0 Å². The molecule has 0 aromatic carbocycles. The highest BCUT2D eigenvalue weighted by Gasteiger charge is 2.37. The van der Waals surface area contributed by atoms with E-state index in [-0.39, 0.29) is 23.1 Å². The summed E-state index contributed by atoms with van der Waals surface area (Å²) >= 11 is 0. The van der Waals surface area contributed by atoms with E-state index in [1.807, 2.05) is 11.6 Å². The van der Waals surface area contributed by atoms with Crippen LogP contribution in [0.2, 0.25) is 0 Å². The first-order valence-electron chi connectivity index (χ1n) is 7.25. The molecule has 1 aliphatic carbocycles. The minimum atomic E-state index is -3.01. The molecular weight excluding hydrogens is 278 g/mol. The van der Waals surface area contributed by atoms with Crippen molar-refractivity contribution in [2.75, 3.05) is 17.2 Å². The zero-order chi connectivity index (χ0) is 14.5. The monoisotopic (exact) mass is 299 g/mol. The highest BCUT2D eigenvalue weighted by molar-refractivity contribution is 7.91. The molecule has 1 unspecified atom stereocenters. The molecule has 1 aromatic rings. The molecular formula is C13H21N3O3S. The summed E-state index contributed by atoms with van der Waals surface area (Å²) in [6.45, 7) is 2.77. The van der Waals surface area contributed by atoms with Crippen molar-refractivity contribution in [2.24, 2.45) is 0 Å². The number of aromatic nitrogens is 2. The van der Waals surface area contributed by atoms with Crippen molar-refractivity contribution in [3.05, 3.63) is 16.0 Å². The first-order valence-corrected chi connectivity index (χ1v) is 9.08. The largest absolute Gasteiger partial charge is 0.393 e. The predicted octanol–water partition coefficient (Wildman–Crippen LogP) is 0.879. The van der Waals surface area contributed by atoms with Gasteiger partial charge in [0.15, 0.2) is 9.84 Å². The van der Waals surface area contributed by atoms with Crippen LogP contribution in [0.25, 0.3) is 0 Å². The second-order valence-corrected chi connectivity index (χ2v) is 8.13. The smallest absolute Gasteiger partial charge is 0.290 e. The van der Waals surface area contributed by atoms with Gasteiger partial charge in [-0.25, -0.2) is 13.1 Å². The first kappa shape index (κ1) is 13.7. The van der Waals surface area contributed by atoms with Crippen LogP contribution < -0.4 is 11.3 Å². The molecule has 0 spiro atoms. The molecule has 0 amide bonds. The van der Waals surface area contributed by atoms with E-state index in [4.69, 9.17) is 5.73 Å². The molecule has 0 bridgehead atoms. The lowest BCUT2D eigenvalue weighted by atomic mass is 10.2. The van der Waals surface area contributed by atoms with Crippen LogP contribution >= 0.6 is 0 Å². The maximum atomic E-state index is 12.4. The third kappa shape index (κ3) is 2.17. The van der Waals surface area contributed by atoms with Gasteiger partial charge in [-0.2, -0.15) is 0 Å². The molecule has 1 atom stereocenters. The van der Waals surface area contributed by atoms with E-state index in [1.165, 1.54) is 0 Å². The van der Waals surface area contributed by atoms with Crippen LogP contribution in [0, 0.1) is 0 Å². The molecule has 6 nitrogen and oxygen atoms in total. The predicted molar refractivity (Wildman–Crippen MR) is 77.7 cm³/mol. The van der Waals surface area contributed by atoms with Gasteiger partial charge in [0, 0.05) is 12.5 Å². The second kappa shape index (κ2) is 4.65. The normalized spacial score (nSPS) is 25.1. The highest BCUT2D eigenvalue weighted by Crippen LogP contribution is 2.42. The molecule has 112 valence electrons.